The van der Waals surface area contributed by atoms with Crippen LogP contribution in [0.2, 0.25) is 0 Å². The Labute approximate surface area is 153 Å². The van der Waals surface area contributed by atoms with Crippen LogP contribution in [0.3, 0.4) is 0 Å². The summed E-state index contributed by atoms with van der Waals surface area (Å²) in [6.07, 6.45) is 13.8. The molecule has 1 N–H and O–H groups in total. The molecule has 22 heavy (non-hydrogen) atoms. The van der Waals surface area contributed by atoms with Gasteiger partial charge in [-0.15, -0.1) is 25.3 Å². The zero-order valence-electron chi connectivity index (χ0n) is 14.4. The molecule has 0 spiro atoms. The number of thiol groups is 2. The molecule has 0 aliphatic rings. The minimum atomic E-state index is -0.668. The van der Waals surface area contributed by atoms with E-state index >= 15 is 0 Å². The first-order valence-corrected chi connectivity index (χ1v) is 9.69. The highest BCUT2D eigenvalue weighted by Crippen LogP contribution is 2.24. The van der Waals surface area contributed by atoms with Crippen molar-refractivity contribution in [2.24, 2.45) is 5.41 Å². The minimum absolute atomic E-state index is 0.389. The third kappa shape index (κ3) is 20.3. The van der Waals surface area contributed by atoms with E-state index in [-0.39, 0.29) is 0 Å². The Bertz CT molecular complexity index is 288. The van der Waals surface area contributed by atoms with Crippen LogP contribution >= 0.6 is 37.5 Å². The smallest absolute Gasteiger partial charge is 0.309 e. The topological polar surface area (TPSA) is 37.3 Å². The fraction of sp³-hybridized carbons (Fsp3) is 0.882. The molecule has 132 valence electrons. The lowest BCUT2D eigenvalue weighted by Gasteiger charge is -2.18. The van der Waals surface area contributed by atoms with Gasteiger partial charge >= 0.3 is 5.97 Å². The first-order chi connectivity index (χ1) is 10.2. The largest absolute Gasteiger partial charge is 0.481 e. The quantitative estimate of drug-likeness (QED) is 0.208. The number of aliphatic carboxylic acids is 1. The Morgan fingerprint density at radius 1 is 0.909 bits per heavy atom. The molecule has 0 aliphatic carbocycles. The lowest BCUT2D eigenvalue weighted by atomic mass is 9.87. The maximum absolute atomic E-state index is 10.9. The molecule has 0 unspecified atom stereocenters. The number of unbranched alkanes of at least 4 members (excludes halogenated alkanes) is 9. The van der Waals surface area contributed by atoms with Crippen LogP contribution in [0, 0.1) is 5.41 Å². The lowest BCUT2D eigenvalue weighted by Crippen LogP contribution is -2.23. The second kappa shape index (κ2) is 16.1. The Morgan fingerprint density at radius 2 is 1.23 bits per heavy atom. The molecule has 0 aliphatic heterocycles. The SMILES string of the molecule is CCCCCCCCCCCCC(C)(C)C(=O)O.S=C(S)S. The van der Waals surface area contributed by atoms with Crippen LogP contribution in [0.1, 0.15) is 91.4 Å². The lowest BCUT2D eigenvalue weighted by molar-refractivity contribution is -0.147. The molecule has 0 fully saturated rings. The third-order valence-corrected chi connectivity index (χ3v) is 3.73. The number of carbonyl (C=O) groups is 1. The Morgan fingerprint density at radius 3 is 1.55 bits per heavy atom. The highest BCUT2D eigenvalue weighted by molar-refractivity contribution is 8.34. The summed E-state index contributed by atoms with van der Waals surface area (Å²) in [4.78, 5) is 10.9. The summed E-state index contributed by atoms with van der Waals surface area (Å²) in [5, 5.41) is 8.98. The van der Waals surface area contributed by atoms with Crippen molar-refractivity contribution in [1.29, 1.82) is 0 Å². The van der Waals surface area contributed by atoms with E-state index in [1.807, 2.05) is 13.8 Å². The Hall–Kier alpha value is 0.260. The van der Waals surface area contributed by atoms with E-state index in [0.29, 0.717) is 3.53 Å². The highest BCUT2D eigenvalue weighted by Gasteiger charge is 2.25. The zero-order chi connectivity index (χ0) is 17.4. The molecule has 0 atom stereocenters. The van der Waals surface area contributed by atoms with E-state index < -0.39 is 11.4 Å². The van der Waals surface area contributed by atoms with Crippen LogP contribution in [0.25, 0.3) is 0 Å². The number of carboxylic acid groups (broad SMARTS) is 1. The molecule has 0 aromatic heterocycles. The van der Waals surface area contributed by atoms with Crippen LogP contribution in [0.5, 0.6) is 0 Å². The molecule has 0 amide bonds. The van der Waals surface area contributed by atoms with E-state index in [4.69, 9.17) is 5.11 Å². The van der Waals surface area contributed by atoms with Gasteiger partial charge in [-0.05, 0) is 20.3 Å². The molecule has 0 radical (unpaired) electrons. The van der Waals surface area contributed by atoms with E-state index in [9.17, 15) is 4.79 Å². The van der Waals surface area contributed by atoms with Crippen LogP contribution in [-0.2, 0) is 4.79 Å². The van der Waals surface area contributed by atoms with Crippen molar-refractivity contribution in [2.75, 3.05) is 0 Å². The molecule has 0 bridgehead atoms. The molecule has 5 heteroatoms. The zero-order valence-corrected chi connectivity index (χ0v) is 17.0. The fourth-order valence-corrected chi connectivity index (χ4v) is 2.16. The highest BCUT2D eigenvalue weighted by atomic mass is 32.2. The van der Waals surface area contributed by atoms with Gasteiger partial charge in [0.2, 0.25) is 0 Å². The average Bonchev–Trinajstić information content (AvgIpc) is 2.40. The van der Waals surface area contributed by atoms with Crippen molar-refractivity contribution in [3.63, 3.8) is 0 Å². The molecule has 0 rings (SSSR count). The van der Waals surface area contributed by atoms with Gasteiger partial charge in [0, 0.05) is 0 Å². The number of hydrogen-bond acceptors (Lipinski definition) is 2. The van der Waals surface area contributed by atoms with Gasteiger partial charge in [0.15, 0.2) is 0 Å². The molecule has 0 aromatic rings. The van der Waals surface area contributed by atoms with Gasteiger partial charge < -0.3 is 5.11 Å². The van der Waals surface area contributed by atoms with Crippen molar-refractivity contribution in [2.45, 2.75) is 91.4 Å². The van der Waals surface area contributed by atoms with Crippen molar-refractivity contribution < 1.29 is 9.90 Å². The first kappa shape index (κ1) is 24.5. The predicted octanol–water partition coefficient (Wildman–Crippen LogP) is 6.54. The monoisotopic (exact) mass is 366 g/mol. The standard InChI is InChI=1S/C16H32O2.CH2S3/c1-4-5-6-7-8-9-10-11-12-13-14-16(2,3)15(17)18;2-1(3)4/h4-14H2,1-3H3,(H,17,18);(H2,2,3,4). The summed E-state index contributed by atoms with van der Waals surface area (Å²) in [5.41, 5.74) is -0.542. The van der Waals surface area contributed by atoms with Crippen molar-refractivity contribution in [3.8, 4) is 0 Å². The van der Waals surface area contributed by atoms with Gasteiger partial charge in [-0.25, -0.2) is 0 Å². The average molecular weight is 367 g/mol. The van der Waals surface area contributed by atoms with E-state index in [2.05, 4.69) is 44.4 Å². The Balaban J connectivity index is 0. The van der Waals surface area contributed by atoms with Crippen molar-refractivity contribution >= 4 is 47.0 Å². The summed E-state index contributed by atoms with van der Waals surface area (Å²) in [5.74, 6) is -0.668. The van der Waals surface area contributed by atoms with Gasteiger partial charge in [-0.3, -0.25) is 4.79 Å². The van der Waals surface area contributed by atoms with E-state index in [1.54, 1.807) is 0 Å². The normalized spacial score (nSPS) is 10.8. The van der Waals surface area contributed by atoms with Gasteiger partial charge in [0.05, 0.1) is 8.94 Å². The predicted molar refractivity (Wildman–Crippen MR) is 108 cm³/mol. The molecular weight excluding hydrogens is 332 g/mol. The third-order valence-electron chi connectivity index (χ3n) is 3.73. The Kier molecular flexibility index (Phi) is 18.0. The first-order valence-electron chi connectivity index (χ1n) is 8.39. The molecule has 0 aromatic carbocycles. The van der Waals surface area contributed by atoms with E-state index in [1.165, 1.54) is 57.8 Å². The number of rotatable bonds is 12. The maximum Gasteiger partial charge on any atom is 0.309 e. The summed E-state index contributed by atoms with van der Waals surface area (Å²) < 4.78 is 0.389. The fourth-order valence-electron chi connectivity index (χ4n) is 2.16. The van der Waals surface area contributed by atoms with Crippen LogP contribution in [0.4, 0.5) is 0 Å². The molecule has 0 saturated heterocycles. The van der Waals surface area contributed by atoms with Gasteiger partial charge in [0.25, 0.3) is 0 Å². The van der Waals surface area contributed by atoms with Crippen LogP contribution < -0.4 is 0 Å². The van der Waals surface area contributed by atoms with Crippen molar-refractivity contribution in [3.05, 3.63) is 0 Å². The van der Waals surface area contributed by atoms with Crippen LogP contribution in [-0.4, -0.2) is 14.6 Å². The summed E-state index contributed by atoms with van der Waals surface area (Å²) in [6, 6.07) is 0. The number of thiocarbonyl (C=S) groups is 1. The van der Waals surface area contributed by atoms with Gasteiger partial charge in [-0.2, -0.15) is 0 Å². The molecule has 2 nitrogen and oxygen atoms in total. The number of carboxylic acids is 1. The number of hydrogen-bond donors (Lipinski definition) is 3. The summed E-state index contributed by atoms with van der Waals surface area (Å²) in [7, 11) is 0. The summed E-state index contributed by atoms with van der Waals surface area (Å²) in [6.45, 7) is 5.89. The van der Waals surface area contributed by atoms with Gasteiger partial charge in [0.1, 0.15) is 0 Å². The second-order valence-corrected chi connectivity index (χ2v) is 8.66. The molecule has 0 heterocycles. The minimum Gasteiger partial charge on any atom is -0.481 e. The second-order valence-electron chi connectivity index (χ2n) is 6.40. The van der Waals surface area contributed by atoms with Crippen LogP contribution in [0.15, 0.2) is 0 Å². The summed E-state index contributed by atoms with van der Waals surface area (Å²) >= 11 is 11.4. The maximum atomic E-state index is 10.9. The molecule has 0 saturated carbocycles. The van der Waals surface area contributed by atoms with Gasteiger partial charge in [-0.1, -0.05) is 83.3 Å². The van der Waals surface area contributed by atoms with Crippen molar-refractivity contribution in [1.82, 2.24) is 0 Å². The van der Waals surface area contributed by atoms with E-state index in [0.717, 1.165) is 12.8 Å². The molecular formula is C17H34O2S3.